The fourth-order valence-corrected chi connectivity index (χ4v) is 10.5. The summed E-state index contributed by atoms with van der Waals surface area (Å²) in [5.74, 6) is -0.887. The van der Waals surface area contributed by atoms with Gasteiger partial charge in [0.05, 0.1) is 0 Å². The average molecular weight is 1110 g/mol. The molecule has 0 aromatic rings. The molecule has 0 radical (unpaired) electrons. The van der Waals surface area contributed by atoms with E-state index in [1.807, 2.05) is 0 Å². The van der Waals surface area contributed by atoms with Crippen LogP contribution in [0.15, 0.2) is 48.6 Å². The second-order valence-corrected chi connectivity index (χ2v) is 23.8. The molecular formula is C73H134O6. The van der Waals surface area contributed by atoms with Crippen LogP contribution in [-0.4, -0.2) is 37.2 Å². The molecule has 0 aliphatic carbocycles. The molecule has 0 saturated carbocycles. The normalized spacial score (nSPS) is 12.3. The molecule has 0 aliphatic rings. The lowest BCUT2D eigenvalue weighted by Gasteiger charge is -2.18. The minimum Gasteiger partial charge on any atom is -0.462 e. The molecule has 0 spiro atoms. The molecule has 0 aromatic carbocycles. The van der Waals surface area contributed by atoms with E-state index in [0.717, 1.165) is 103 Å². The lowest BCUT2D eigenvalue weighted by Crippen LogP contribution is -2.30. The lowest BCUT2D eigenvalue weighted by molar-refractivity contribution is -0.167. The van der Waals surface area contributed by atoms with Gasteiger partial charge in [0.2, 0.25) is 0 Å². The number of carbonyl (C=O) groups excluding carboxylic acids is 3. The number of allylic oxidation sites excluding steroid dienone is 8. The number of rotatable bonds is 65. The third-order valence-corrected chi connectivity index (χ3v) is 15.8. The molecule has 1 unspecified atom stereocenters. The molecule has 0 rings (SSSR count). The smallest absolute Gasteiger partial charge is 0.306 e. The van der Waals surface area contributed by atoms with Crippen molar-refractivity contribution in [1.82, 2.24) is 0 Å². The van der Waals surface area contributed by atoms with Gasteiger partial charge in [0.15, 0.2) is 6.10 Å². The van der Waals surface area contributed by atoms with Crippen LogP contribution in [0.3, 0.4) is 0 Å². The predicted octanol–water partition coefficient (Wildman–Crippen LogP) is 24.1. The fourth-order valence-electron chi connectivity index (χ4n) is 10.5. The molecule has 79 heavy (non-hydrogen) atoms. The largest absolute Gasteiger partial charge is 0.462 e. The summed E-state index contributed by atoms with van der Waals surface area (Å²) < 4.78 is 16.9. The van der Waals surface area contributed by atoms with Crippen LogP contribution < -0.4 is 0 Å². The molecule has 0 saturated heterocycles. The first kappa shape index (κ1) is 76.4. The highest BCUT2D eigenvalue weighted by Gasteiger charge is 2.19. The second kappa shape index (κ2) is 67.9. The maximum atomic E-state index is 12.9. The molecule has 0 amide bonds. The molecular weight excluding hydrogens is 973 g/mol. The molecule has 1 atom stereocenters. The molecule has 0 bridgehead atoms. The van der Waals surface area contributed by atoms with Crippen LogP contribution in [0, 0.1) is 0 Å². The number of ether oxygens (including phenoxy) is 3. The summed E-state index contributed by atoms with van der Waals surface area (Å²) in [6, 6.07) is 0. The highest BCUT2D eigenvalue weighted by atomic mass is 16.6. The summed E-state index contributed by atoms with van der Waals surface area (Å²) in [5, 5.41) is 0. The van der Waals surface area contributed by atoms with Crippen LogP contribution in [0.1, 0.15) is 380 Å². The highest BCUT2D eigenvalue weighted by molar-refractivity contribution is 5.71. The maximum absolute atomic E-state index is 12.9. The lowest BCUT2D eigenvalue weighted by atomic mass is 10.0. The summed E-state index contributed by atoms with van der Waals surface area (Å²) in [6.45, 7) is 6.62. The van der Waals surface area contributed by atoms with E-state index in [-0.39, 0.29) is 31.1 Å². The van der Waals surface area contributed by atoms with Crippen LogP contribution in [0.4, 0.5) is 0 Å². The average Bonchev–Trinajstić information content (AvgIpc) is 3.45. The van der Waals surface area contributed by atoms with Crippen molar-refractivity contribution >= 4 is 17.9 Å². The molecule has 0 fully saturated rings. The van der Waals surface area contributed by atoms with E-state index in [4.69, 9.17) is 14.2 Å². The van der Waals surface area contributed by atoms with Crippen molar-refractivity contribution in [2.75, 3.05) is 13.2 Å². The van der Waals surface area contributed by atoms with Gasteiger partial charge in [0, 0.05) is 19.3 Å². The second-order valence-electron chi connectivity index (χ2n) is 23.8. The highest BCUT2D eigenvalue weighted by Crippen LogP contribution is 2.18. The Morgan fingerprint density at radius 3 is 0.747 bits per heavy atom. The minimum atomic E-state index is -0.786. The van der Waals surface area contributed by atoms with Crippen LogP contribution >= 0.6 is 0 Å². The summed E-state index contributed by atoms with van der Waals surface area (Å²) in [7, 11) is 0. The van der Waals surface area contributed by atoms with Crippen LogP contribution in [0.5, 0.6) is 0 Å². The van der Waals surface area contributed by atoms with Crippen molar-refractivity contribution in [3.05, 3.63) is 48.6 Å². The molecule has 0 N–H and O–H groups in total. The van der Waals surface area contributed by atoms with Gasteiger partial charge in [-0.3, -0.25) is 14.4 Å². The van der Waals surface area contributed by atoms with Crippen LogP contribution in [-0.2, 0) is 28.6 Å². The van der Waals surface area contributed by atoms with E-state index >= 15 is 0 Å². The van der Waals surface area contributed by atoms with Gasteiger partial charge in [-0.2, -0.15) is 0 Å². The molecule has 0 heterocycles. The first-order chi connectivity index (χ1) is 39.0. The predicted molar refractivity (Wildman–Crippen MR) is 344 cm³/mol. The van der Waals surface area contributed by atoms with Crippen molar-refractivity contribution in [3.63, 3.8) is 0 Å². The first-order valence-corrected chi connectivity index (χ1v) is 35.1. The van der Waals surface area contributed by atoms with Gasteiger partial charge in [-0.15, -0.1) is 0 Å². The van der Waals surface area contributed by atoms with E-state index in [1.54, 1.807) is 0 Å². The quantitative estimate of drug-likeness (QED) is 0.0261. The standard InChI is InChI=1S/C73H134O6/c1-4-7-10-13-16-19-22-25-28-30-31-32-33-34-35-36-37-38-39-40-41-42-43-44-46-48-51-54-57-60-63-66-72(75)78-69-70(68-77-71(74)65-62-59-56-53-50-47-27-24-21-18-15-12-9-6-3)79-73(76)67-64-61-58-55-52-49-45-29-26-23-20-17-14-11-8-5-2/h15,18,20,23-24,27,29,45,70H,4-14,16-17,19,21-22,25-26,28,30-44,46-69H2,1-3H3/b18-15-,23-20-,27-24-,45-29-. The number of hydrogen-bond acceptors (Lipinski definition) is 6. The van der Waals surface area contributed by atoms with Crippen molar-refractivity contribution in [3.8, 4) is 0 Å². The Bertz CT molecular complexity index is 1360. The number of esters is 3. The van der Waals surface area contributed by atoms with E-state index in [0.29, 0.717) is 19.3 Å². The van der Waals surface area contributed by atoms with E-state index in [1.165, 1.54) is 238 Å². The van der Waals surface area contributed by atoms with Gasteiger partial charge >= 0.3 is 17.9 Å². The van der Waals surface area contributed by atoms with Crippen molar-refractivity contribution in [1.29, 1.82) is 0 Å². The number of unbranched alkanes of at least 4 members (excludes halogenated alkanes) is 46. The van der Waals surface area contributed by atoms with Crippen molar-refractivity contribution < 1.29 is 28.6 Å². The van der Waals surface area contributed by atoms with E-state index in [9.17, 15) is 14.4 Å². The minimum absolute atomic E-state index is 0.0800. The summed E-state index contributed by atoms with van der Waals surface area (Å²) >= 11 is 0. The third-order valence-electron chi connectivity index (χ3n) is 15.8. The zero-order valence-electron chi connectivity index (χ0n) is 53.2. The van der Waals surface area contributed by atoms with Gasteiger partial charge in [0.25, 0.3) is 0 Å². The molecule has 462 valence electrons. The number of hydrogen-bond donors (Lipinski definition) is 0. The topological polar surface area (TPSA) is 78.9 Å². The Morgan fingerprint density at radius 2 is 0.468 bits per heavy atom. The Morgan fingerprint density at radius 1 is 0.253 bits per heavy atom. The maximum Gasteiger partial charge on any atom is 0.306 e. The Balaban J connectivity index is 4.15. The molecule has 0 aromatic heterocycles. The van der Waals surface area contributed by atoms with Crippen LogP contribution in [0.2, 0.25) is 0 Å². The van der Waals surface area contributed by atoms with Crippen molar-refractivity contribution in [2.24, 2.45) is 0 Å². The van der Waals surface area contributed by atoms with E-state index in [2.05, 4.69) is 69.4 Å². The van der Waals surface area contributed by atoms with Crippen LogP contribution in [0.25, 0.3) is 0 Å². The Kier molecular flexibility index (Phi) is 65.6. The van der Waals surface area contributed by atoms with Gasteiger partial charge in [-0.1, -0.05) is 333 Å². The Labute approximate surface area is 492 Å². The molecule has 6 heteroatoms. The first-order valence-electron chi connectivity index (χ1n) is 35.1. The number of carbonyl (C=O) groups is 3. The van der Waals surface area contributed by atoms with Gasteiger partial charge < -0.3 is 14.2 Å². The van der Waals surface area contributed by atoms with Crippen molar-refractivity contribution in [2.45, 2.75) is 386 Å². The third kappa shape index (κ3) is 66.1. The summed E-state index contributed by atoms with van der Waals surface area (Å²) in [4.78, 5) is 38.3. The zero-order valence-corrected chi connectivity index (χ0v) is 53.2. The summed E-state index contributed by atoms with van der Waals surface area (Å²) in [6.07, 6.45) is 85.8. The zero-order chi connectivity index (χ0) is 57.1. The van der Waals surface area contributed by atoms with Gasteiger partial charge in [-0.05, 0) is 77.0 Å². The SMILES string of the molecule is CCCC/C=C\C/C=C\CCCCCCCC(=O)OCC(COC(=O)CCCCCCCCCCCCCCCCCCCCCCCCCCCCCCCCC)OC(=O)CCCCCCC/C=C\C/C=C\CCCCCC. The summed E-state index contributed by atoms with van der Waals surface area (Å²) in [5.41, 5.74) is 0. The monoisotopic (exact) mass is 1110 g/mol. The van der Waals surface area contributed by atoms with Gasteiger partial charge in [-0.25, -0.2) is 0 Å². The molecule has 0 aliphatic heterocycles. The molecule has 6 nitrogen and oxygen atoms in total. The van der Waals surface area contributed by atoms with Gasteiger partial charge in [0.1, 0.15) is 13.2 Å². The Hall–Kier alpha value is -2.63. The fraction of sp³-hybridized carbons (Fsp3) is 0.849. The van der Waals surface area contributed by atoms with E-state index < -0.39 is 6.10 Å².